The second-order valence-corrected chi connectivity index (χ2v) is 8.57. The van der Waals surface area contributed by atoms with Gasteiger partial charge in [-0.2, -0.15) is 5.10 Å². The van der Waals surface area contributed by atoms with Crippen molar-refractivity contribution in [2.24, 2.45) is 5.10 Å². The van der Waals surface area contributed by atoms with Gasteiger partial charge in [-0.25, -0.2) is 0 Å². The van der Waals surface area contributed by atoms with Gasteiger partial charge < -0.3 is 25.1 Å². The number of nitrogens with zero attached hydrogens (tertiary/aromatic N) is 3. The number of hydrazone groups is 1. The van der Waals surface area contributed by atoms with Crippen molar-refractivity contribution in [2.45, 2.75) is 18.6 Å². The first-order valence-electron chi connectivity index (χ1n) is 11.7. The van der Waals surface area contributed by atoms with Gasteiger partial charge in [0, 0.05) is 38.3 Å². The van der Waals surface area contributed by atoms with Crippen LogP contribution in [0.1, 0.15) is 23.6 Å². The molecule has 2 atom stereocenters. The molecule has 2 fully saturated rings. The van der Waals surface area contributed by atoms with E-state index in [1.807, 2.05) is 23.1 Å². The minimum Gasteiger partial charge on any atom is -0.379 e. The predicted octanol–water partition coefficient (Wildman–Crippen LogP) is 2.05. The van der Waals surface area contributed by atoms with Crippen LogP contribution in [0.5, 0.6) is 0 Å². The van der Waals surface area contributed by atoms with Crippen molar-refractivity contribution < 1.29 is 14.3 Å². The van der Waals surface area contributed by atoms with Crippen molar-refractivity contribution in [1.29, 1.82) is 0 Å². The largest absolute Gasteiger partial charge is 0.379 e. The van der Waals surface area contributed by atoms with Gasteiger partial charge in [-0.3, -0.25) is 9.69 Å². The normalized spacial score (nSPS) is 22.4. The van der Waals surface area contributed by atoms with Gasteiger partial charge in [0.05, 0.1) is 38.2 Å². The molecule has 2 N–H and O–H groups in total. The van der Waals surface area contributed by atoms with Crippen molar-refractivity contribution in [3.8, 4) is 0 Å². The third kappa shape index (κ3) is 5.19. The molecule has 2 aromatic carbocycles. The Balaban J connectivity index is 1.26. The highest BCUT2D eigenvalue weighted by Crippen LogP contribution is 2.25. The minimum atomic E-state index is -0.411. The zero-order chi connectivity index (χ0) is 22.5. The molecule has 8 nitrogen and oxygen atoms in total. The zero-order valence-electron chi connectivity index (χ0n) is 18.8. The minimum absolute atomic E-state index is 0.0966. The summed E-state index contributed by atoms with van der Waals surface area (Å²) >= 11 is 0. The molecule has 8 heteroatoms. The molecule has 1 unspecified atom stereocenters. The SMILES string of the molecule is O=C(C(Nc1ccc(C2=NN[C@H](c3ccccc3)C2)cc1)N1CCOCC1)N1CCOCC1. The summed E-state index contributed by atoms with van der Waals surface area (Å²) in [7, 11) is 0. The van der Waals surface area contributed by atoms with Crippen LogP contribution in [0, 0.1) is 0 Å². The number of morpholine rings is 2. The Morgan fingerprint density at radius 3 is 2.30 bits per heavy atom. The van der Waals surface area contributed by atoms with E-state index in [0.29, 0.717) is 39.5 Å². The van der Waals surface area contributed by atoms with Crippen molar-refractivity contribution in [3.05, 3.63) is 65.7 Å². The van der Waals surface area contributed by atoms with E-state index < -0.39 is 6.17 Å². The summed E-state index contributed by atoms with van der Waals surface area (Å²) in [6, 6.07) is 18.8. The summed E-state index contributed by atoms with van der Waals surface area (Å²) < 4.78 is 10.9. The number of benzene rings is 2. The average molecular weight is 450 g/mol. The van der Waals surface area contributed by atoms with Crippen LogP contribution in [0.25, 0.3) is 0 Å². The first-order valence-corrected chi connectivity index (χ1v) is 11.7. The van der Waals surface area contributed by atoms with Gasteiger partial charge >= 0.3 is 0 Å². The van der Waals surface area contributed by atoms with Crippen molar-refractivity contribution >= 4 is 17.3 Å². The van der Waals surface area contributed by atoms with Crippen LogP contribution in [0.15, 0.2) is 59.7 Å². The highest BCUT2D eigenvalue weighted by atomic mass is 16.5. The Morgan fingerprint density at radius 2 is 1.61 bits per heavy atom. The molecule has 5 rings (SSSR count). The molecule has 0 saturated carbocycles. The molecule has 0 aliphatic carbocycles. The summed E-state index contributed by atoms with van der Waals surface area (Å²) in [5.74, 6) is 0.0966. The Bertz CT molecular complexity index is 954. The van der Waals surface area contributed by atoms with E-state index in [1.54, 1.807) is 0 Å². The van der Waals surface area contributed by atoms with E-state index in [-0.39, 0.29) is 11.9 Å². The third-order valence-corrected chi connectivity index (χ3v) is 6.44. The van der Waals surface area contributed by atoms with Crippen LogP contribution in [0.4, 0.5) is 5.69 Å². The molecule has 0 radical (unpaired) electrons. The number of anilines is 1. The molecular weight excluding hydrogens is 418 g/mol. The maximum atomic E-state index is 13.3. The van der Waals surface area contributed by atoms with E-state index in [2.05, 4.69) is 57.1 Å². The molecule has 174 valence electrons. The number of amides is 1. The summed E-state index contributed by atoms with van der Waals surface area (Å²) in [6.07, 6.45) is 0.439. The molecule has 0 bridgehead atoms. The topological polar surface area (TPSA) is 78.4 Å². The van der Waals surface area contributed by atoms with Gasteiger partial charge in [-0.15, -0.1) is 0 Å². The number of rotatable bonds is 6. The Labute approximate surface area is 194 Å². The Morgan fingerprint density at radius 1 is 0.939 bits per heavy atom. The van der Waals surface area contributed by atoms with Gasteiger partial charge in [0.15, 0.2) is 6.17 Å². The molecule has 33 heavy (non-hydrogen) atoms. The van der Waals surface area contributed by atoms with Crippen molar-refractivity contribution in [1.82, 2.24) is 15.2 Å². The molecule has 3 heterocycles. The van der Waals surface area contributed by atoms with Crippen LogP contribution in [0.2, 0.25) is 0 Å². The van der Waals surface area contributed by atoms with Crippen LogP contribution < -0.4 is 10.7 Å². The first kappa shape index (κ1) is 21.9. The molecular formula is C25H31N5O3. The van der Waals surface area contributed by atoms with E-state index in [4.69, 9.17) is 9.47 Å². The van der Waals surface area contributed by atoms with Gasteiger partial charge in [-0.05, 0) is 23.3 Å². The number of ether oxygens (including phenoxy) is 2. The summed E-state index contributed by atoms with van der Waals surface area (Å²) in [5.41, 5.74) is 7.55. The predicted molar refractivity (Wildman–Crippen MR) is 127 cm³/mol. The maximum absolute atomic E-state index is 13.3. The van der Waals surface area contributed by atoms with Crippen LogP contribution in [0.3, 0.4) is 0 Å². The van der Waals surface area contributed by atoms with Crippen molar-refractivity contribution in [2.75, 3.05) is 57.9 Å². The number of carbonyl (C=O) groups is 1. The lowest BCUT2D eigenvalue weighted by atomic mass is 9.99. The quantitative estimate of drug-likeness (QED) is 0.703. The lowest BCUT2D eigenvalue weighted by molar-refractivity contribution is -0.141. The van der Waals surface area contributed by atoms with Gasteiger partial charge in [-0.1, -0.05) is 42.5 Å². The third-order valence-electron chi connectivity index (χ3n) is 6.44. The van der Waals surface area contributed by atoms with E-state index in [9.17, 15) is 4.79 Å². The highest BCUT2D eigenvalue weighted by molar-refractivity contribution is 6.02. The Hall–Kier alpha value is -2.94. The average Bonchev–Trinajstić information content (AvgIpc) is 3.39. The van der Waals surface area contributed by atoms with E-state index in [0.717, 1.165) is 36.5 Å². The number of hydrogen-bond donors (Lipinski definition) is 2. The fraction of sp³-hybridized carbons (Fsp3) is 0.440. The molecule has 3 aliphatic rings. The van der Waals surface area contributed by atoms with E-state index >= 15 is 0 Å². The molecule has 0 aromatic heterocycles. The smallest absolute Gasteiger partial charge is 0.260 e. The van der Waals surface area contributed by atoms with E-state index in [1.165, 1.54) is 5.56 Å². The fourth-order valence-electron chi connectivity index (χ4n) is 4.52. The second-order valence-electron chi connectivity index (χ2n) is 8.57. The van der Waals surface area contributed by atoms with Crippen molar-refractivity contribution in [3.63, 3.8) is 0 Å². The number of carbonyl (C=O) groups excluding carboxylic acids is 1. The lowest BCUT2D eigenvalue weighted by Gasteiger charge is -2.38. The molecule has 2 saturated heterocycles. The summed E-state index contributed by atoms with van der Waals surface area (Å²) in [6.45, 7) is 5.20. The maximum Gasteiger partial charge on any atom is 0.260 e. The van der Waals surface area contributed by atoms with Gasteiger partial charge in [0.2, 0.25) is 0 Å². The standard InChI is InChI=1S/C25H31N5O3/c31-25(30-12-16-33-17-13-30)24(29-10-14-32-15-11-29)26-21-8-6-20(7-9-21)23-18-22(27-28-23)19-4-2-1-3-5-19/h1-9,22,24,26-27H,10-18H2/t22-,24?/m0/s1. The van der Waals surface area contributed by atoms with Gasteiger partial charge in [0.1, 0.15) is 0 Å². The monoisotopic (exact) mass is 449 g/mol. The van der Waals surface area contributed by atoms with Crippen LogP contribution in [-0.4, -0.2) is 80.2 Å². The summed E-state index contributed by atoms with van der Waals surface area (Å²) in [5, 5.41) is 8.05. The lowest BCUT2D eigenvalue weighted by Crippen LogP contribution is -2.57. The van der Waals surface area contributed by atoms with Crippen LogP contribution in [-0.2, 0) is 14.3 Å². The number of hydrogen-bond acceptors (Lipinski definition) is 7. The molecule has 3 aliphatic heterocycles. The Kier molecular flexibility index (Phi) is 6.85. The number of nitrogens with one attached hydrogen (secondary N) is 2. The fourth-order valence-corrected chi connectivity index (χ4v) is 4.52. The van der Waals surface area contributed by atoms with Gasteiger partial charge in [0.25, 0.3) is 5.91 Å². The summed E-state index contributed by atoms with van der Waals surface area (Å²) in [4.78, 5) is 17.4. The highest BCUT2D eigenvalue weighted by Gasteiger charge is 2.32. The molecule has 0 spiro atoms. The molecule has 1 amide bonds. The van der Waals surface area contributed by atoms with Crippen LogP contribution >= 0.6 is 0 Å². The molecule has 2 aromatic rings. The zero-order valence-corrected chi connectivity index (χ0v) is 18.8. The first-order chi connectivity index (χ1) is 16.3. The second kappa shape index (κ2) is 10.3.